The first-order chi connectivity index (χ1) is 8.58. The molecule has 19 heavy (non-hydrogen) atoms. The lowest BCUT2D eigenvalue weighted by molar-refractivity contribution is -0.274. The van der Waals surface area contributed by atoms with Crippen molar-refractivity contribution in [2.24, 2.45) is 0 Å². The molecule has 0 spiro atoms. The van der Waals surface area contributed by atoms with Crippen molar-refractivity contribution in [1.82, 2.24) is 5.32 Å². The van der Waals surface area contributed by atoms with E-state index in [1.54, 1.807) is 0 Å². The van der Waals surface area contributed by atoms with Gasteiger partial charge in [-0.2, -0.15) is 0 Å². The molecule has 0 amide bonds. The fourth-order valence-corrected chi connectivity index (χ4v) is 1.35. The third-order valence-corrected chi connectivity index (χ3v) is 2.19. The fraction of sp³-hybridized carbons (Fsp3) is 0.462. The second-order valence-electron chi connectivity index (χ2n) is 5.07. The monoisotopic (exact) mass is 275 g/mol. The first-order valence-corrected chi connectivity index (χ1v) is 5.71. The van der Waals surface area contributed by atoms with Crippen molar-refractivity contribution in [2.75, 3.05) is 6.54 Å². The molecule has 1 rings (SSSR count). The second-order valence-corrected chi connectivity index (χ2v) is 5.07. The van der Waals surface area contributed by atoms with E-state index in [0.717, 1.165) is 6.07 Å². The van der Waals surface area contributed by atoms with Crippen molar-refractivity contribution >= 4 is 5.78 Å². The Labute approximate surface area is 109 Å². The number of ether oxygens (including phenoxy) is 1. The molecule has 0 aliphatic carbocycles. The Morgan fingerprint density at radius 1 is 1.21 bits per heavy atom. The van der Waals surface area contributed by atoms with Crippen molar-refractivity contribution in [3.05, 3.63) is 29.8 Å². The van der Waals surface area contributed by atoms with Crippen LogP contribution in [0.5, 0.6) is 5.75 Å². The molecule has 0 aliphatic heterocycles. The molecular formula is C13H16F3NO2. The summed E-state index contributed by atoms with van der Waals surface area (Å²) in [5.74, 6) is -0.925. The maximum absolute atomic E-state index is 12.2. The summed E-state index contributed by atoms with van der Waals surface area (Å²) in [5.41, 5.74) is -0.383. The quantitative estimate of drug-likeness (QED) is 0.858. The maximum atomic E-state index is 12.2. The molecule has 0 saturated carbocycles. The summed E-state index contributed by atoms with van der Waals surface area (Å²) < 4.78 is 40.5. The number of hydrogen-bond donors (Lipinski definition) is 1. The normalized spacial score (nSPS) is 12.3. The first-order valence-electron chi connectivity index (χ1n) is 5.71. The van der Waals surface area contributed by atoms with Crippen LogP contribution in [0, 0.1) is 0 Å². The van der Waals surface area contributed by atoms with Crippen LogP contribution in [-0.4, -0.2) is 24.2 Å². The van der Waals surface area contributed by atoms with Gasteiger partial charge in [-0.1, -0.05) is 12.1 Å². The van der Waals surface area contributed by atoms with Crippen molar-refractivity contribution < 1.29 is 22.7 Å². The van der Waals surface area contributed by atoms with Gasteiger partial charge in [-0.25, -0.2) is 0 Å². The van der Waals surface area contributed by atoms with Gasteiger partial charge in [0.1, 0.15) is 5.75 Å². The van der Waals surface area contributed by atoms with Crippen LogP contribution in [0.2, 0.25) is 0 Å². The first kappa shape index (κ1) is 15.5. The number of carbonyl (C=O) groups is 1. The Morgan fingerprint density at radius 2 is 1.79 bits per heavy atom. The van der Waals surface area contributed by atoms with Crippen molar-refractivity contribution in [3.8, 4) is 5.75 Å². The van der Waals surface area contributed by atoms with Crippen LogP contribution in [-0.2, 0) is 0 Å². The van der Waals surface area contributed by atoms with Gasteiger partial charge in [0.2, 0.25) is 0 Å². The van der Waals surface area contributed by atoms with Gasteiger partial charge >= 0.3 is 6.36 Å². The number of halogens is 3. The van der Waals surface area contributed by atoms with Gasteiger partial charge in [-0.15, -0.1) is 13.2 Å². The van der Waals surface area contributed by atoms with Crippen LogP contribution >= 0.6 is 0 Å². The molecule has 0 aromatic heterocycles. The summed E-state index contributed by atoms with van der Waals surface area (Å²) in [5, 5.41) is 2.92. The number of carbonyl (C=O) groups excluding carboxylic acids is 1. The molecule has 0 unspecified atom stereocenters. The second kappa shape index (κ2) is 5.61. The third-order valence-electron chi connectivity index (χ3n) is 2.19. The molecule has 0 aliphatic rings. The SMILES string of the molecule is CC(C)(C)NCC(=O)c1ccccc1OC(F)(F)F. The summed E-state index contributed by atoms with van der Waals surface area (Å²) in [4.78, 5) is 11.9. The smallest absolute Gasteiger partial charge is 0.405 e. The summed E-state index contributed by atoms with van der Waals surface area (Å²) >= 11 is 0. The lowest BCUT2D eigenvalue weighted by Crippen LogP contribution is -2.39. The molecular weight excluding hydrogens is 259 g/mol. The highest BCUT2D eigenvalue weighted by molar-refractivity contribution is 6.00. The van der Waals surface area contributed by atoms with Crippen LogP contribution in [0.4, 0.5) is 13.2 Å². The Kier molecular flexibility index (Phi) is 4.57. The molecule has 1 aromatic carbocycles. The zero-order valence-corrected chi connectivity index (χ0v) is 11.0. The largest absolute Gasteiger partial charge is 0.573 e. The van der Waals surface area contributed by atoms with Gasteiger partial charge in [0.25, 0.3) is 0 Å². The van der Waals surface area contributed by atoms with E-state index in [9.17, 15) is 18.0 Å². The van der Waals surface area contributed by atoms with E-state index in [2.05, 4.69) is 10.1 Å². The lowest BCUT2D eigenvalue weighted by Gasteiger charge is -2.20. The molecule has 0 fully saturated rings. The average molecular weight is 275 g/mol. The minimum absolute atomic E-state index is 0.0538. The van der Waals surface area contributed by atoms with E-state index in [4.69, 9.17) is 0 Å². The van der Waals surface area contributed by atoms with E-state index < -0.39 is 17.9 Å². The maximum Gasteiger partial charge on any atom is 0.573 e. The van der Waals surface area contributed by atoms with Gasteiger partial charge in [-0.3, -0.25) is 4.79 Å². The zero-order valence-electron chi connectivity index (χ0n) is 11.0. The topological polar surface area (TPSA) is 38.3 Å². The summed E-state index contributed by atoms with van der Waals surface area (Å²) in [6.07, 6.45) is -4.81. The Balaban J connectivity index is 2.85. The van der Waals surface area contributed by atoms with E-state index in [-0.39, 0.29) is 17.6 Å². The van der Waals surface area contributed by atoms with Gasteiger partial charge in [0.15, 0.2) is 5.78 Å². The fourth-order valence-electron chi connectivity index (χ4n) is 1.35. The van der Waals surface area contributed by atoms with Gasteiger partial charge < -0.3 is 10.1 Å². The number of hydrogen-bond acceptors (Lipinski definition) is 3. The van der Waals surface area contributed by atoms with Crippen molar-refractivity contribution in [3.63, 3.8) is 0 Å². The molecule has 0 saturated heterocycles. The average Bonchev–Trinajstić information content (AvgIpc) is 2.23. The van der Waals surface area contributed by atoms with Crippen LogP contribution in [0.1, 0.15) is 31.1 Å². The predicted octanol–water partition coefficient (Wildman–Crippen LogP) is 3.16. The number of nitrogens with one attached hydrogen (secondary N) is 1. The highest BCUT2D eigenvalue weighted by Gasteiger charge is 2.32. The molecule has 0 heterocycles. The number of benzene rings is 1. The molecule has 0 bridgehead atoms. The molecule has 1 N–H and O–H groups in total. The minimum Gasteiger partial charge on any atom is -0.405 e. The molecule has 0 radical (unpaired) electrons. The zero-order chi connectivity index (χ0) is 14.7. The Hall–Kier alpha value is -1.56. The van der Waals surface area contributed by atoms with E-state index in [1.165, 1.54) is 18.2 Å². The highest BCUT2D eigenvalue weighted by Crippen LogP contribution is 2.26. The van der Waals surface area contributed by atoms with Crippen molar-refractivity contribution in [1.29, 1.82) is 0 Å². The molecule has 0 atom stereocenters. The number of ketones is 1. The Morgan fingerprint density at radius 3 is 2.32 bits per heavy atom. The molecule has 1 aromatic rings. The van der Waals surface area contributed by atoms with E-state index in [0.29, 0.717) is 0 Å². The van der Waals surface area contributed by atoms with Crippen LogP contribution in [0.25, 0.3) is 0 Å². The molecule has 3 nitrogen and oxygen atoms in total. The standard InChI is InChI=1S/C13H16F3NO2/c1-12(2,3)17-8-10(18)9-6-4-5-7-11(9)19-13(14,15)16/h4-7,17H,8H2,1-3H3. The summed E-state index contributed by atoms with van der Waals surface area (Å²) in [6.45, 7) is 5.52. The van der Waals surface area contributed by atoms with Gasteiger partial charge in [0.05, 0.1) is 12.1 Å². The van der Waals surface area contributed by atoms with Crippen molar-refractivity contribution in [2.45, 2.75) is 32.7 Å². The van der Waals surface area contributed by atoms with E-state index >= 15 is 0 Å². The number of alkyl halides is 3. The van der Waals surface area contributed by atoms with Crippen LogP contribution < -0.4 is 10.1 Å². The van der Waals surface area contributed by atoms with Crippen LogP contribution in [0.15, 0.2) is 24.3 Å². The molecule has 106 valence electrons. The number of para-hydroxylation sites is 1. The van der Waals surface area contributed by atoms with Crippen LogP contribution in [0.3, 0.4) is 0 Å². The Bertz CT molecular complexity index is 450. The van der Waals surface area contributed by atoms with E-state index in [1.807, 2.05) is 20.8 Å². The number of Topliss-reactive ketones (excluding diaryl/α,β-unsaturated/α-hetero) is 1. The third kappa shape index (κ3) is 5.74. The summed E-state index contributed by atoms with van der Waals surface area (Å²) in [7, 11) is 0. The van der Waals surface area contributed by atoms with Gasteiger partial charge in [0, 0.05) is 5.54 Å². The minimum atomic E-state index is -4.81. The number of rotatable bonds is 4. The lowest BCUT2D eigenvalue weighted by atomic mass is 10.1. The summed E-state index contributed by atoms with van der Waals surface area (Å²) in [6, 6.07) is 5.31. The highest BCUT2D eigenvalue weighted by atomic mass is 19.4. The van der Waals surface area contributed by atoms with Gasteiger partial charge in [-0.05, 0) is 32.9 Å². The predicted molar refractivity (Wildman–Crippen MR) is 65.2 cm³/mol. The molecule has 6 heteroatoms.